The zero-order valence-corrected chi connectivity index (χ0v) is 18.7. The molecule has 0 unspecified atom stereocenters. The molecule has 12 heteroatoms. The molecule has 3 rings (SSSR count). The van der Waals surface area contributed by atoms with Crippen LogP contribution >= 0.6 is 0 Å². The molecule has 0 saturated carbocycles. The van der Waals surface area contributed by atoms with E-state index in [-0.39, 0.29) is 31.2 Å². The molecule has 33 heavy (non-hydrogen) atoms. The van der Waals surface area contributed by atoms with Crippen molar-refractivity contribution >= 4 is 23.3 Å². The first-order valence-corrected chi connectivity index (χ1v) is 10.6. The highest BCUT2D eigenvalue weighted by atomic mass is 16.6. The molecule has 0 spiro atoms. The number of aliphatic hydroxyl groups excluding tert-OH is 1. The number of esters is 2. The second-order valence-corrected chi connectivity index (χ2v) is 8.24. The largest absolute Gasteiger partial charge is 0.463 e. The number of carbonyl (C=O) groups excluding carboxylic acids is 2. The number of hydrogen-bond donors (Lipinski definition) is 3. The first-order chi connectivity index (χ1) is 15.6. The predicted octanol–water partition coefficient (Wildman–Crippen LogP) is 0.0285. The van der Waals surface area contributed by atoms with Crippen LogP contribution < -0.4 is 11.5 Å². The summed E-state index contributed by atoms with van der Waals surface area (Å²) in [6, 6.07) is 4.39. The number of rotatable bonds is 7. The van der Waals surface area contributed by atoms with E-state index in [1.807, 2.05) is 0 Å². The molecule has 1 fully saturated rings. The first-order valence-electron chi connectivity index (χ1n) is 10.6. The zero-order chi connectivity index (χ0) is 24.3. The smallest absolute Gasteiger partial charge is 0.323 e. The van der Waals surface area contributed by atoms with Gasteiger partial charge in [-0.25, -0.2) is 9.50 Å². The summed E-state index contributed by atoms with van der Waals surface area (Å²) in [7, 11) is 0. The summed E-state index contributed by atoms with van der Waals surface area (Å²) in [5.41, 5.74) is 10.8. The van der Waals surface area contributed by atoms with E-state index in [1.54, 1.807) is 32.9 Å². The van der Waals surface area contributed by atoms with Gasteiger partial charge in [0.05, 0.1) is 11.8 Å². The third kappa shape index (κ3) is 4.75. The van der Waals surface area contributed by atoms with Crippen molar-refractivity contribution in [1.29, 1.82) is 5.26 Å². The Morgan fingerprint density at radius 3 is 2.82 bits per heavy atom. The van der Waals surface area contributed by atoms with Crippen LogP contribution in [0.2, 0.25) is 0 Å². The normalized spacial score (nSPS) is 26.0. The van der Waals surface area contributed by atoms with Crippen molar-refractivity contribution < 1.29 is 28.9 Å². The lowest BCUT2D eigenvalue weighted by molar-refractivity contribution is -0.228. The summed E-state index contributed by atoms with van der Waals surface area (Å²) >= 11 is 0. The van der Waals surface area contributed by atoms with Crippen LogP contribution in [0.25, 0.3) is 5.52 Å². The number of anilines is 1. The molecule has 178 valence electrons. The number of fused-ring (bicyclic) bond motifs is 1. The third-order valence-corrected chi connectivity index (χ3v) is 5.61. The quantitative estimate of drug-likeness (QED) is 0.473. The average Bonchev–Trinajstić information content (AvgIpc) is 3.24. The summed E-state index contributed by atoms with van der Waals surface area (Å²) in [5.74, 6) is -1.25. The number of nitrogens with two attached hydrogens (primary N) is 2. The van der Waals surface area contributed by atoms with Crippen LogP contribution in [-0.4, -0.2) is 62.6 Å². The molecule has 1 aliphatic heterocycles. The number of ether oxygens (including phenoxy) is 3. The number of nitriles is 1. The molecule has 2 aromatic heterocycles. The molecule has 0 aliphatic carbocycles. The molecule has 5 atom stereocenters. The lowest BCUT2D eigenvalue weighted by Gasteiger charge is -2.43. The fourth-order valence-corrected chi connectivity index (χ4v) is 3.63. The maximum atomic E-state index is 12.5. The Labute approximate surface area is 190 Å². The van der Waals surface area contributed by atoms with Crippen LogP contribution in [0.3, 0.4) is 0 Å². The minimum absolute atomic E-state index is 0.112. The molecule has 3 heterocycles. The molecular formula is C21H28N6O6. The van der Waals surface area contributed by atoms with Crippen LogP contribution in [0, 0.1) is 17.2 Å². The maximum Gasteiger partial charge on any atom is 0.323 e. The Morgan fingerprint density at radius 1 is 1.45 bits per heavy atom. The lowest BCUT2D eigenvalue weighted by atomic mass is 9.86. The molecule has 12 nitrogen and oxygen atoms in total. The van der Waals surface area contributed by atoms with Crippen LogP contribution in [0.1, 0.15) is 39.3 Å². The van der Waals surface area contributed by atoms with Crippen LogP contribution in [0.5, 0.6) is 0 Å². The van der Waals surface area contributed by atoms with E-state index in [0.717, 1.165) is 0 Å². The molecule has 2 aromatic rings. The third-order valence-electron chi connectivity index (χ3n) is 5.61. The number of aliphatic hydroxyl groups is 1. The number of nitrogen functional groups attached to an aromatic ring is 1. The van der Waals surface area contributed by atoms with E-state index in [2.05, 4.69) is 16.2 Å². The highest BCUT2D eigenvalue weighted by molar-refractivity contribution is 5.76. The Morgan fingerprint density at radius 2 is 2.18 bits per heavy atom. The molecule has 0 aromatic carbocycles. The van der Waals surface area contributed by atoms with Gasteiger partial charge in [-0.3, -0.25) is 9.59 Å². The summed E-state index contributed by atoms with van der Waals surface area (Å²) in [5, 5.41) is 25.2. The molecule has 0 amide bonds. The van der Waals surface area contributed by atoms with E-state index < -0.39 is 41.9 Å². The fraction of sp³-hybridized carbons (Fsp3) is 0.571. The topological polar surface area (TPSA) is 188 Å². The highest BCUT2D eigenvalue weighted by Crippen LogP contribution is 2.39. The first kappa shape index (κ1) is 24.4. The maximum absolute atomic E-state index is 12.5. The molecule has 0 bridgehead atoms. The Hall–Kier alpha value is -3.27. The van der Waals surface area contributed by atoms with Gasteiger partial charge in [-0.15, -0.1) is 0 Å². The zero-order valence-electron chi connectivity index (χ0n) is 18.7. The van der Waals surface area contributed by atoms with Crippen molar-refractivity contribution in [2.75, 3.05) is 12.3 Å². The van der Waals surface area contributed by atoms with Gasteiger partial charge in [0, 0.05) is 12.8 Å². The van der Waals surface area contributed by atoms with Crippen molar-refractivity contribution in [3.8, 4) is 6.07 Å². The van der Waals surface area contributed by atoms with Crippen molar-refractivity contribution in [2.45, 2.75) is 63.6 Å². The molecule has 1 aliphatic rings. The van der Waals surface area contributed by atoms with Crippen molar-refractivity contribution in [3.05, 3.63) is 24.2 Å². The number of hydrogen-bond acceptors (Lipinski definition) is 11. The van der Waals surface area contributed by atoms with Crippen LogP contribution in [-0.2, 0) is 29.4 Å². The van der Waals surface area contributed by atoms with E-state index >= 15 is 0 Å². The highest BCUT2D eigenvalue weighted by Gasteiger charge is 2.52. The summed E-state index contributed by atoms with van der Waals surface area (Å²) in [6.07, 6.45) is -2.57. The summed E-state index contributed by atoms with van der Waals surface area (Å²) in [4.78, 5) is 28.2. The predicted molar refractivity (Wildman–Crippen MR) is 114 cm³/mol. The summed E-state index contributed by atoms with van der Waals surface area (Å²) in [6.45, 7) is 4.79. The van der Waals surface area contributed by atoms with E-state index in [9.17, 15) is 20.0 Å². The van der Waals surface area contributed by atoms with Gasteiger partial charge < -0.3 is 30.8 Å². The molecule has 5 N–H and O–H groups in total. The second kappa shape index (κ2) is 9.70. The van der Waals surface area contributed by atoms with Crippen molar-refractivity contribution in [2.24, 2.45) is 11.7 Å². The number of aromatic nitrogens is 3. The van der Waals surface area contributed by atoms with Crippen molar-refractivity contribution in [3.63, 3.8) is 0 Å². The molecule has 1 saturated heterocycles. The number of nitrogens with zero attached hydrogens (tertiary/aromatic N) is 4. The number of carbonyl (C=O) groups is 2. The van der Waals surface area contributed by atoms with Crippen molar-refractivity contribution in [1.82, 2.24) is 14.6 Å². The van der Waals surface area contributed by atoms with Crippen LogP contribution in [0.15, 0.2) is 18.5 Å². The average molecular weight is 460 g/mol. The van der Waals surface area contributed by atoms with E-state index in [4.69, 9.17) is 25.7 Å². The SMILES string of the molecule is CCC(=O)OC[C@H]1O[C@@](C#N)(c2ccc3c(N)ncnn23)C[C@H](O)[C@@H]1OC(=O)[C@@H](N)C(C)C. The fourth-order valence-electron chi connectivity index (χ4n) is 3.63. The van der Waals surface area contributed by atoms with Gasteiger partial charge >= 0.3 is 11.9 Å². The van der Waals surface area contributed by atoms with Crippen LogP contribution in [0.4, 0.5) is 5.82 Å². The van der Waals surface area contributed by atoms with E-state index in [1.165, 1.54) is 10.8 Å². The van der Waals surface area contributed by atoms with E-state index in [0.29, 0.717) is 11.2 Å². The van der Waals surface area contributed by atoms with Gasteiger partial charge in [0.25, 0.3) is 0 Å². The monoisotopic (exact) mass is 460 g/mol. The van der Waals surface area contributed by atoms with Gasteiger partial charge in [-0.05, 0) is 18.1 Å². The van der Waals surface area contributed by atoms with Gasteiger partial charge in [0.1, 0.15) is 36.7 Å². The Balaban J connectivity index is 1.97. The Kier molecular flexibility index (Phi) is 7.16. The standard InChI is InChI=1S/C21H28N6O6/c1-4-16(29)31-8-14-18(32-20(30)17(23)11(2)3)13(28)7-21(9-22,33-14)15-6-5-12-19(24)25-10-26-27(12)15/h5-6,10-11,13-14,17-18,28H,4,7-8,23H2,1-3H3,(H2,24,25,26)/t13-,14+,17-,18-,21-/m0/s1. The second-order valence-electron chi connectivity index (χ2n) is 8.24. The van der Waals surface area contributed by atoms with Gasteiger partial charge in [0.15, 0.2) is 17.5 Å². The van der Waals surface area contributed by atoms with Gasteiger partial charge in [-0.1, -0.05) is 20.8 Å². The van der Waals surface area contributed by atoms with Gasteiger partial charge in [0.2, 0.25) is 0 Å². The minimum Gasteiger partial charge on any atom is -0.463 e. The van der Waals surface area contributed by atoms with Gasteiger partial charge in [-0.2, -0.15) is 10.4 Å². The molecular weight excluding hydrogens is 432 g/mol. The minimum atomic E-state index is -1.70. The Bertz CT molecular complexity index is 1070. The summed E-state index contributed by atoms with van der Waals surface area (Å²) < 4.78 is 18.2. The molecule has 0 radical (unpaired) electrons. The lowest BCUT2D eigenvalue weighted by Crippen LogP contribution is -2.57.